The topological polar surface area (TPSA) is 101 Å². The first-order valence-corrected chi connectivity index (χ1v) is 13.7. The van der Waals surface area contributed by atoms with Crippen molar-refractivity contribution in [2.24, 2.45) is 5.41 Å². The Morgan fingerprint density at radius 2 is 1.84 bits per heavy atom. The Hall–Kier alpha value is -5.24. The van der Waals surface area contributed by atoms with Gasteiger partial charge in [0.05, 0.1) is 33.9 Å². The zero-order valence-corrected chi connectivity index (χ0v) is 23.1. The Morgan fingerprint density at radius 3 is 2.52 bits per heavy atom. The molecule has 0 spiro atoms. The lowest BCUT2D eigenvalue weighted by Crippen LogP contribution is -2.21. The molecule has 1 saturated carbocycles. The molecule has 44 heavy (non-hydrogen) atoms. The van der Waals surface area contributed by atoms with Crippen LogP contribution in [0.4, 0.5) is 17.6 Å². The van der Waals surface area contributed by atoms with Gasteiger partial charge in [-0.3, -0.25) is 0 Å². The number of ether oxygens (including phenoxy) is 1. The van der Waals surface area contributed by atoms with E-state index in [1.807, 2.05) is 6.07 Å². The van der Waals surface area contributed by atoms with Gasteiger partial charge in [0.15, 0.2) is 0 Å². The molecular formula is C33H24F4N4O3. The highest BCUT2D eigenvalue weighted by atomic mass is 19.3. The molecule has 5 aromatic rings. The minimum Gasteiger partial charge on any atom is -0.478 e. The predicted molar refractivity (Wildman–Crippen MR) is 152 cm³/mol. The van der Waals surface area contributed by atoms with Crippen LogP contribution in [0.2, 0.25) is 0 Å². The van der Waals surface area contributed by atoms with Crippen molar-refractivity contribution in [2.45, 2.75) is 38.8 Å². The van der Waals surface area contributed by atoms with Crippen LogP contribution in [0.3, 0.4) is 0 Å². The number of fused-ring (bicyclic) bond motifs is 1. The van der Waals surface area contributed by atoms with Crippen molar-refractivity contribution in [1.29, 1.82) is 5.26 Å². The van der Waals surface area contributed by atoms with Crippen molar-refractivity contribution in [3.05, 3.63) is 113 Å². The molecule has 0 atom stereocenters. The number of benzene rings is 3. The van der Waals surface area contributed by atoms with Gasteiger partial charge in [-0.2, -0.15) is 5.26 Å². The molecular weight excluding hydrogens is 576 g/mol. The summed E-state index contributed by atoms with van der Waals surface area (Å²) in [7, 11) is 0. The number of rotatable bonds is 10. The van der Waals surface area contributed by atoms with Gasteiger partial charge in [0, 0.05) is 35.6 Å². The van der Waals surface area contributed by atoms with E-state index in [0.29, 0.717) is 35.3 Å². The minimum absolute atomic E-state index is 0.0169. The molecule has 11 heteroatoms. The van der Waals surface area contributed by atoms with Crippen molar-refractivity contribution in [3.63, 3.8) is 0 Å². The van der Waals surface area contributed by atoms with Crippen LogP contribution in [0.5, 0.6) is 5.88 Å². The van der Waals surface area contributed by atoms with Crippen molar-refractivity contribution < 1.29 is 32.2 Å². The van der Waals surface area contributed by atoms with Gasteiger partial charge in [-0.05, 0) is 66.9 Å². The quantitative estimate of drug-likeness (QED) is 0.171. The van der Waals surface area contributed by atoms with Gasteiger partial charge < -0.3 is 14.4 Å². The second-order valence-electron chi connectivity index (χ2n) is 10.8. The zero-order chi connectivity index (χ0) is 31.0. The van der Waals surface area contributed by atoms with E-state index in [9.17, 15) is 23.1 Å². The first-order chi connectivity index (χ1) is 21.2. The van der Waals surface area contributed by atoms with Crippen LogP contribution in [-0.4, -0.2) is 32.0 Å². The molecule has 0 saturated heterocycles. The number of pyridine rings is 1. The lowest BCUT2D eigenvalue weighted by Gasteiger charge is -2.18. The fraction of sp³-hybridized carbons (Fsp3) is 0.212. The van der Waals surface area contributed by atoms with E-state index in [-0.39, 0.29) is 53.4 Å². The van der Waals surface area contributed by atoms with E-state index in [4.69, 9.17) is 10.00 Å². The molecule has 1 N–H and O–H groups in total. The summed E-state index contributed by atoms with van der Waals surface area (Å²) in [5.74, 6) is -1.73. The number of aromatic carboxylic acids is 1. The molecule has 222 valence electrons. The number of carbonyl (C=O) groups is 1. The Balaban J connectivity index is 1.25. The van der Waals surface area contributed by atoms with Crippen LogP contribution in [-0.2, 0) is 19.6 Å². The molecule has 3 aromatic carbocycles. The molecule has 6 rings (SSSR count). The van der Waals surface area contributed by atoms with E-state index in [1.165, 1.54) is 30.3 Å². The molecule has 0 unspecified atom stereocenters. The van der Waals surface area contributed by atoms with E-state index in [0.717, 1.165) is 6.07 Å². The summed E-state index contributed by atoms with van der Waals surface area (Å²) < 4.78 is 64.7. The largest absolute Gasteiger partial charge is 0.478 e. The highest BCUT2D eigenvalue weighted by Gasteiger charge is 2.51. The number of hydrogen-bond acceptors (Lipinski definition) is 5. The second-order valence-corrected chi connectivity index (χ2v) is 10.8. The molecule has 0 radical (unpaired) electrons. The summed E-state index contributed by atoms with van der Waals surface area (Å²) in [6.07, 6.45) is -1.71. The Kier molecular flexibility index (Phi) is 7.51. The lowest BCUT2D eigenvalue weighted by molar-refractivity contribution is 0.0514. The van der Waals surface area contributed by atoms with Crippen LogP contribution in [0.15, 0.2) is 72.8 Å². The van der Waals surface area contributed by atoms with Gasteiger partial charge in [0.25, 0.3) is 0 Å². The summed E-state index contributed by atoms with van der Waals surface area (Å²) in [4.78, 5) is 20.5. The van der Waals surface area contributed by atoms with Gasteiger partial charge in [-0.25, -0.2) is 32.3 Å². The number of aromatic nitrogens is 3. The standard InChI is InChI=1S/C33H24F4N4O3/c34-24-13-20(16-38)4-6-22(24)17-44-30-3-1-2-26(40-30)23-8-5-19(12-25(23)35)14-29-39-27-9-7-21(31(42)43)15-28(27)41(29)18-33(10-11-33)32(36)37/h1-9,12-13,15,32H,10-11,14,17-18H2,(H,42,43). The van der Waals surface area contributed by atoms with Gasteiger partial charge >= 0.3 is 5.97 Å². The molecule has 1 aliphatic rings. The maximum absolute atomic E-state index is 15.4. The summed E-state index contributed by atoms with van der Waals surface area (Å²) in [5, 5.41) is 18.4. The van der Waals surface area contributed by atoms with E-state index >= 15 is 4.39 Å². The summed E-state index contributed by atoms with van der Waals surface area (Å²) in [6.45, 7) is -0.166. The average Bonchev–Trinajstić information content (AvgIpc) is 3.73. The fourth-order valence-corrected chi connectivity index (χ4v) is 5.13. The first-order valence-electron chi connectivity index (χ1n) is 13.7. The first kappa shape index (κ1) is 28.9. The Bertz CT molecular complexity index is 1950. The van der Waals surface area contributed by atoms with Crippen LogP contribution < -0.4 is 4.74 Å². The number of imidazole rings is 1. The van der Waals surface area contributed by atoms with E-state index in [1.54, 1.807) is 41.0 Å². The predicted octanol–water partition coefficient (Wildman–Crippen LogP) is 7.16. The van der Waals surface area contributed by atoms with E-state index < -0.39 is 29.4 Å². The van der Waals surface area contributed by atoms with Crippen LogP contribution >= 0.6 is 0 Å². The number of hydrogen-bond donors (Lipinski definition) is 1. The van der Waals surface area contributed by atoms with Crippen molar-refractivity contribution in [2.75, 3.05) is 0 Å². The molecule has 0 aliphatic heterocycles. The van der Waals surface area contributed by atoms with Gasteiger partial charge in [0.2, 0.25) is 12.3 Å². The highest BCUT2D eigenvalue weighted by molar-refractivity contribution is 5.92. The van der Waals surface area contributed by atoms with Crippen LogP contribution in [0, 0.1) is 28.4 Å². The second kappa shape index (κ2) is 11.4. The fourth-order valence-electron chi connectivity index (χ4n) is 5.13. The molecule has 2 aromatic heterocycles. The van der Waals surface area contributed by atoms with Crippen molar-refractivity contribution in [1.82, 2.24) is 14.5 Å². The van der Waals surface area contributed by atoms with Gasteiger partial charge in [-0.1, -0.05) is 18.2 Å². The number of alkyl halides is 2. The zero-order valence-electron chi connectivity index (χ0n) is 23.1. The maximum Gasteiger partial charge on any atom is 0.335 e. The SMILES string of the molecule is N#Cc1ccc(COc2cccc(-c3ccc(Cc4nc5ccc(C(=O)O)cc5n4CC4(C(F)F)CC4)cc3F)n2)c(F)c1. The van der Waals surface area contributed by atoms with E-state index in [2.05, 4.69) is 9.97 Å². The molecule has 7 nitrogen and oxygen atoms in total. The molecule has 0 amide bonds. The summed E-state index contributed by atoms with van der Waals surface area (Å²) in [5.41, 5.74) is 1.16. The summed E-state index contributed by atoms with van der Waals surface area (Å²) in [6, 6.07) is 19.6. The minimum atomic E-state index is -2.54. The monoisotopic (exact) mass is 600 g/mol. The average molecular weight is 601 g/mol. The smallest absolute Gasteiger partial charge is 0.335 e. The molecule has 1 aliphatic carbocycles. The Morgan fingerprint density at radius 1 is 1.02 bits per heavy atom. The number of halogens is 4. The normalized spacial score (nSPS) is 13.6. The number of carboxylic acids is 1. The molecule has 0 bridgehead atoms. The maximum atomic E-state index is 15.4. The number of carboxylic acid groups (broad SMARTS) is 1. The molecule has 1 fully saturated rings. The van der Waals surface area contributed by atoms with Crippen LogP contribution in [0.1, 0.15) is 45.7 Å². The number of nitriles is 1. The van der Waals surface area contributed by atoms with Crippen LogP contribution in [0.25, 0.3) is 22.3 Å². The van der Waals surface area contributed by atoms with Crippen molar-refractivity contribution in [3.8, 4) is 23.2 Å². The van der Waals surface area contributed by atoms with Gasteiger partial charge in [-0.15, -0.1) is 0 Å². The summed E-state index contributed by atoms with van der Waals surface area (Å²) >= 11 is 0. The lowest BCUT2D eigenvalue weighted by atomic mass is 10.0. The third kappa shape index (κ3) is 5.71. The number of nitrogens with zero attached hydrogens (tertiary/aromatic N) is 4. The van der Waals surface area contributed by atoms with Crippen molar-refractivity contribution >= 4 is 17.0 Å². The highest BCUT2D eigenvalue weighted by Crippen LogP contribution is 2.52. The van der Waals surface area contributed by atoms with Gasteiger partial charge in [0.1, 0.15) is 24.1 Å². The molecule has 2 heterocycles. The third-order valence-corrected chi connectivity index (χ3v) is 7.86. The third-order valence-electron chi connectivity index (χ3n) is 7.86. The Labute approximate surface area is 249 Å².